The van der Waals surface area contributed by atoms with Crippen molar-refractivity contribution in [2.24, 2.45) is 12.8 Å². The average molecular weight is 563 g/mol. The van der Waals surface area contributed by atoms with Gasteiger partial charge in [-0.25, -0.2) is 4.79 Å². The molecule has 3 heterocycles. The number of primary amides is 1. The van der Waals surface area contributed by atoms with Gasteiger partial charge in [0.05, 0.1) is 5.52 Å². The van der Waals surface area contributed by atoms with Gasteiger partial charge in [0, 0.05) is 67.4 Å². The normalized spacial score (nSPS) is 13.7. The minimum absolute atomic E-state index is 0.120. The molecule has 1 aliphatic rings. The summed E-state index contributed by atoms with van der Waals surface area (Å²) in [4.78, 5) is 18.3. The van der Waals surface area contributed by atoms with Gasteiger partial charge in [-0.15, -0.1) is 0 Å². The number of anilines is 1. The monoisotopic (exact) mass is 562 g/mol. The molecule has 0 bridgehead atoms. The van der Waals surface area contributed by atoms with Crippen LogP contribution in [-0.2, 0) is 25.0 Å². The second kappa shape index (κ2) is 12.3. The van der Waals surface area contributed by atoms with Crippen molar-refractivity contribution in [3.05, 3.63) is 108 Å². The summed E-state index contributed by atoms with van der Waals surface area (Å²) in [7, 11) is 2.05. The van der Waals surface area contributed by atoms with E-state index in [9.17, 15) is 4.79 Å². The number of piperidine rings is 1. The van der Waals surface area contributed by atoms with Gasteiger partial charge in [0.2, 0.25) is 11.8 Å². The Balaban J connectivity index is 1.28. The van der Waals surface area contributed by atoms with E-state index in [1.54, 1.807) is 0 Å². The highest BCUT2D eigenvalue weighted by molar-refractivity contribution is 5.98. The van der Waals surface area contributed by atoms with E-state index in [0.717, 1.165) is 64.8 Å². The average Bonchev–Trinajstić information content (AvgIpc) is 3.35. The van der Waals surface area contributed by atoms with Crippen LogP contribution < -0.4 is 20.1 Å². The van der Waals surface area contributed by atoms with Crippen LogP contribution in [0, 0.1) is 0 Å². The lowest BCUT2D eigenvalue weighted by molar-refractivity contribution is 0.0912. The molecule has 42 heavy (non-hydrogen) atoms. The van der Waals surface area contributed by atoms with Crippen LogP contribution in [0.4, 0.5) is 10.5 Å². The Morgan fingerprint density at radius 3 is 2.19 bits per heavy atom. The first-order valence-electron chi connectivity index (χ1n) is 14.2. The van der Waals surface area contributed by atoms with Crippen molar-refractivity contribution >= 4 is 22.7 Å². The highest BCUT2D eigenvalue weighted by Gasteiger charge is 2.23. The van der Waals surface area contributed by atoms with Gasteiger partial charge < -0.3 is 29.4 Å². The zero-order valence-electron chi connectivity index (χ0n) is 23.6. The molecule has 0 spiro atoms. The van der Waals surface area contributed by atoms with Crippen LogP contribution in [-0.4, -0.2) is 34.8 Å². The molecule has 6 rings (SSSR count). The molecule has 5 aromatic rings. The number of carbonyl (C=O) groups excluding carboxylic acids is 1. The molecule has 0 atom stereocenters. The van der Waals surface area contributed by atoms with Crippen molar-refractivity contribution in [2.75, 3.05) is 18.0 Å². The standard InChI is InChI=1S/C34H34N4O4/c1-37-21-30(28-13-12-26(20-31(28)37)38-18-16-27(17-19-38)42-34(35)39)29-14-15-32(40-22-24-8-4-2-5-9-24)36-33(29)41-23-25-10-6-3-7-11-25/h2-15,20-21,27H,16-19,22-23H2,1H3,(H2,35,39). The molecule has 1 fully saturated rings. The van der Waals surface area contributed by atoms with Crippen LogP contribution in [0.5, 0.6) is 11.8 Å². The molecule has 0 unspecified atom stereocenters. The highest BCUT2D eigenvalue weighted by atomic mass is 16.6. The number of ether oxygens (including phenoxy) is 3. The number of aryl methyl sites for hydroxylation is 1. The number of fused-ring (bicyclic) bond motifs is 1. The predicted octanol–water partition coefficient (Wildman–Crippen LogP) is 6.46. The van der Waals surface area contributed by atoms with Gasteiger partial charge in [0.25, 0.3) is 0 Å². The van der Waals surface area contributed by atoms with Crippen molar-refractivity contribution < 1.29 is 19.0 Å². The summed E-state index contributed by atoms with van der Waals surface area (Å²) in [5.74, 6) is 1.04. The lowest BCUT2D eigenvalue weighted by Crippen LogP contribution is -2.38. The summed E-state index contributed by atoms with van der Waals surface area (Å²) in [5.41, 5.74) is 11.5. The van der Waals surface area contributed by atoms with E-state index in [2.05, 4.69) is 40.9 Å². The predicted molar refractivity (Wildman–Crippen MR) is 164 cm³/mol. The fraction of sp³-hybridized carbons (Fsp3) is 0.235. The van der Waals surface area contributed by atoms with Gasteiger partial charge in [0.1, 0.15) is 19.3 Å². The number of nitrogens with two attached hydrogens (primary N) is 1. The zero-order valence-corrected chi connectivity index (χ0v) is 23.6. The number of nitrogens with zero attached hydrogens (tertiary/aromatic N) is 3. The molecule has 0 radical (unpaired) electrons. The van der Waals surface area contributed by atoms with Crippen LogP contribution in [0.2, 0.25) is 0 Å². The van der Waals surface area contributed by atoms with Crippen LogP contribution in [0.3, 0.4) is 0 Å². The topological polar surface area (TPSA) is 91.8 Å². The molecule has 8 heteroatoms. The Bertz CT molecular complexity index is 1660. The Morgan fingerprint density at radius 1 is 0.857 bits per heavy atom. The first kappa shape index (κ1) is 27.2. The van der Waals surface area contributed by atoms with E-state index in [0.29, 0.717) is 25.0 Å². The van der Waals surface area contributed by atoms with Crippen molar-refractivity contribution in [1.82, 2.24) is 9.55 Å². The summed E-state index contributed by atoms with van der Waals surface area (Å²) >= 11 is 0. The lowest BCUT2D eigenvalue weighted by Gasteiger charge is -2.33. The fourth-order valence-electron chi connectivity index (χ4n) is 5.46. The van der Waals surface area contributed by atoms with E-state index in [4.69, 9.17) is 24.9 Å². The second-order valence-electron chi connectivity index (χ2n) is 10.5. The van der Waals surface area contributed by atoms with E-state index < -0.39 is 6.09 Å². The Labute approximate surface area is 245 Å². The number of amides is 1. The van der Waals surface area contributed by atoms with Gasteiger partial charge >= 0.3 is 6.09 Å². The summed E-state index contributed by atoms with van der Waals surface area (Å²) in [6, 6.07) is 30.6. The van der Waals surface area contributed by atoms with Gasteiger partial charge in [-0.05, 0) is 29.3 Å². The molecule has 3 aromatic carbocycles. The molecular weight excluding hydrogens is 528 g/mol. The van der Waals surface area contributed by atoms with Crippen LogP contribution in [0.1, 0.15) is 24.0 Å². The van der Waals surface area contributed by atoms with Crippen LogP contribution in [0.15, 0.2) is 97.2 Å². The third-order valence-electron chi connectivity index (χ3n) is 7.64. The molecule has 0 saturated carbocycles. The Hall–Kier alpha value is -4.98. The van der Waals surface area contributed by atoms with Crippen LogP contribution >= 0.6 is 0 Å². The molecular formula is C34H34N4O4. The number of aromatic nitrogens is 2. The van der Waals surface area contributed by atoms with Crippen LogP contribution in [0.25, 0.3) is 22.0 Å². The third kappa shape index (κ3) is 6.17. The minimum atomic E-state index is -0.705. The summed E-state index contributed by atoms with van der Waals surface area (Å²) in [6.07, 6.45) is 2.81. The third-order valence-corrected chi connectivity index (χ3v) is 7.64. The lowest BCUT2D eigenvalue weighted by atomic mass is 10.0. The first-order valence-corrected chi connectivity index (χ1v) is 14.2. The molecule has 1 aliphatic heterocycles. The van der Waals surface area contributed by atoms with Crippen molar-refractivity contribution in [1.29, 1.82) is 0 Å². The molecule has 214 valence electrons. The van der Waals surface area contributed by atoms with E-state index >= 15 is 0 Å². The van der Waals surface area contributed by atoms with Gasteiger partial charge in [0.15, 0.2) is 0 Å². The Morgan fingerprint density at radius 2 is 1.52 bits per heavy atom. The van der Waals surface area contributed by atoms with Crippen molar-refractivity contribution in [3.8, 4) is 22.9 Å². The van der Waals surface area contributed by atoms with Gasteiger partial charge in [-0.1, -0.05) is 66.7 Å². The molecule has 8 nitrogen and oxygen atoms in total. The number of rotatable bonds is 9. The van der Waals surface area contributed by atoms with E-state index in [1.165, 1.54) is 0 Å². The van der Waals surface area contributed by atoms with E-state index in [-0.39, 0.29) is 6.10 Å². The number of carbonyl (C=O) groups is 1. The highest BCUT2D eigenvalue weighted by Crippen LogP contribution is 2.38. The smallest absolute Gasteiger partial charge is 0.404 e. The summed E-state index contributed by atoms with van der Waals surface area (Å²) in [6.45, 7) is 2.42. The van der Waals surface area contributed by atoms with E-state index in [1.807, 2.05) is 72.8 Å². The van der Waals surface area contributed by atoms with Gasteiger partial charge in [-0.2, -0.15) is 4.98 Å². The van der Waals surface area contributed by atoms with Crippen molar-refractivity contribution in [3.63, 3.8) is 0 Å². The Kier molecular flexibility index (Phi) is 7.94. The maximum Gasteiger partial charge on any atom is 0.404 e. The SMILES string of the molecule is Cn1cc(-c2ccc(OCc3ccccc3)nc2OCc2ccccc2)c2ccc(N3CCC(OC(N)=O)CC3)cc21. The molecule has 2 N–H and O–H groups in total. The maximum absolute atomic E-state index is 11.1. The number of benzene rings is 3. The zero-order chi connectivity index (χ0) is 28.9. The largest absolute Gasteiger partial charge is 0.473 e. The molecule has 1 saturated heterocycles. The minimum Gasteiger partial charge on any atom is -0.473 e. The number of hydrogen-bond acceptors (Lipinski definition) is 6. The molecule has 1 amide bonds. The number of pyridine rings is 1. The maximum atomic E-state index is 11.1. The quantitative estimate of drug-likeness (QED) is 0.222. The first-order chi connectivity index (χ1) is 20.5. The molecule has 2 aromatic heterocycles. The second-order valence-corrected chi connectivity index (χ2v) is 10.5. The summed E-state index contributed by atoms with van der Waals surface area (Å²) < 4.78 is 19.7. The van der Waals surface area contributed by atoms with Gasteiger partial charge in [-0.3, -0.25) is 0 Å². The fourth-order valence-corrected chi connectivity index (χ4v) is 5.46. The number of hydrogen-bond donors (Lipinski definition) is 1. The summed E-state index contributed by atoms with van der Waals surface area (Å²) in [5, 5.41) is 1.11. The van der Waals surface area contributed by atoms with Crippen molar-refractivity contribution in [2.45, 2.75) is 32.2 Å². The molecule has 0 aliphatic carbocycles.